The van der Waals surface area contributed by atoms with Gasteiger partial charge in [0.2, 0.25) is 0 Å². The lowest BCUT2D eigenvalue weighted by atomic mass is 10.1. The molecular formula is C16H15ClN2O2. The summed E-state index contributed by atoms with van der Waals surface area (Å²) in [5.74, 6) is -0.0347. The largest absolute Gasteiger partial charge is 0.507 e. The lowest BCUT2D eigenvalue weighted by Crippen LogP contribution is -2.17. The van der Waals surface area contributed by atoms with Gasteiger partial charge in [-0.3, -0.25) is 4.79 Å². The average molecular weight is 303 g/mol. The zero-order valence-electron chi connectivity index (χ0n) is 11.7. The highest BCUT2D eigenvalue weighted by molar-refractivity contribution is 6.30. The fraction of sp³-hybridized carbons (Fsp3) is 0.125. The number of rotatable bonds is 3. The van der Waals surface area contributed by atoms with Crippen LogP contribution in [0.25, 0.3) is 0 Å². The quantitative estimate of drug-likeness (QED) is 0.674. The van der Waals surface area contributed by atoms with Crippen molar-refractivity contribution in [3.8, 4) is 5.75 Å². The lowest BCUT2D eigenvalue weighted by molar-refractivity contribution is 0.0955. The number of carbonyl (C=O) groups excluding carboxylic acids is 1. The van der Waals surface area contributed by atoms with Gasteiger partial charge < -0.3 is 5.11 Å². The van der Waals surface area contributed by atoms with E-state index in [0.29, 0.717) is 10.6 Å². The smallest absolute Gasteiger partial charge is 0.271 e. The number of aromatic hydroxyl groups is 1. The maximum absolute atomic E-state index is 11.8. The van der Waals surface area contributed by atoms with Crippen LogP contribution in [0.2, 0.25) is 5.02 Å². The Kier molecular flexibility index (Phi) is 4.60. The van der Waals surface area contributed by atoms with Crippen molar-refractivity contribution in [1.29, 1.82) is 0 Å². The molecule has 4 nitrogen and oxygen atoms in total. The van der Waals surface area contributed by atoms with E-state index >= 15 is 0 Å². The number of hydrazone groups is 1. The Morgan fingerprint density at radius 3 is 2.33 bits per heavy atom. The van der Waals surface area contributed by atoms with E-state index < -0.39 is 0 Å². The van der Waals surface area contributed by atoms with Crippen LogP contribution in [0.5, 0.6) is 5.75 Å². The number of aryl methyl sites for hydroxylation is 2. The summed E-state index contributed by atoms with van der Waals surface area (Å²) >= 11 is 5.76. The first kappa shape index (κ1) is 15.1. The molecule has 5 heteroatoms. The molecule has 0 atom stereocenters. The second kappa shape index (κ2) is 6.41. The van der Waals surface area contributed by atoms with Crippen LogP contribution in [-0.4, -0.2) is 17.2 Å². The van der Waals surface area contributed by atoms with Gasteiger partial charge in [0.05, 0.1) is 6.21 Å². The molecule has 0 radical (unpaired) electrons. The number of benzene rings is 2. The summed E-state index contributed by atoms with van der Waals surface area (Å²) in [5, 5.41) is 14.2. The summed E-state index contributed by atoms with van der Waals surface area (Å²) < 4.78 is 0. The number of carbonyl (C=O) groups is 1. The monoisotopic (exact) mass is 302 g/mol. The van der Waals surface area contributed by atoms with Gasteiger partial charge in [-0.15, -0.1) is 0 Å². The van der Waals surface area contributed by atoms with Gasteiger partial charge in [-0.25, -0.2) is 5.43 Å². The second-order valence-corrected chi connectivity index (χ2v) is 5.15. The van der Waals surface area contributed by atoms with Gasteiger partial charge in [-0.1, -0.05) is 11.6 Å². The molecule has 0 aromatic heterocycles. The first-order valence-corrected chi connectivity index (χ1v) is 6.74. The van der Waals surface area contributed by atoms with Gasteiger partial charge in [-0.2, -0.15) is 5.10 Å². The van der Waals surface area contributed by atoms with Gasteiger partial charge in [0.1, 0.15) is 5.75 Å². The van der Waals surface area contributed by atoms with E-state index in [2.05, 4.69) is 10.5 Å². The number of halogens is 1. The third kappa shape index (κ3) is 3.83. The van der Waals surface area contributed by atoms with E-state index in [1.807, 2.05) is 13.8 Å². The topological polar surface area (TPSA) is 61.7 Å². The van der Waals surface area contributed by atoms with Crippen LogP contribution < -0.4 is 5.43 Å². The zero-order valence-corrected chi connectivity index (χ0v) is 12.5. The molecule has 0 spiro atoms. The molecule has 2 aromatic rings. The zero-order chi connectivity index (χ0) is 15.4. The number of nitrogens with zero attached hydrogens (tertiary/aromatic N) is 1. The minimum Gasteiger partial charge on any atom is -0.507 e. The molecule has 0 heterocycles. The Hall–Kier alpha value is -2.33. The van der Waals surface area contributed by atoms with Gasteiger partial charge in [0, 0.05) is 10.6 Å². The van der Waals surface area contributed by atoms with Crippen LogP contribution >= 0.6 is 11.6 Å². The van der Waals surface area contributed by atoms with Gasteiger partial charge in [0.25, 0.3) is 5.91 Å². The summed E-state index contributed by atoms with van der Waals surface area (Å²) in [4.78, 5) is 11.8. The molecule has 0 aliphatic heterocycles. The molecule has 0 aliphatic rings. The fourth-order valence-corrected chi connectivity index (χ4v) is 2.02. The predicted octanol–water partition coefficient (Wildman–Crippen LogP) is 3.43. The van der Waals surface area contributed by atoms with Crippen LogP contribution in [0.1, 0.15) is 27.0 Å². The van der Waals surface area contributed by atoms with Gasteiger partial charge in [-0.05, 0) is 66.9 Å². The number of hydrogen-bond donors (Lipinski definition) is 2. The number of nitrogens with one attached hydrogen (secondary N) is 1. The molecule has 0 saturated heterocycles. The number of amides is 1. The Bertz CT molecular complexity index is 671. The highest BCUT2D eigenvalue weighted by Crippen LogP contribution is 2.21. The molecule has 2 N–H and O–H groups in total. The highest BCUT2D eigenvalue weighted by atomic mass is 35.5. The number of hydrogen-bond acceptors (Lipinski definition) is 3. The summed E-state index contributed by atoms with van der Waals surface area (Å²) in [5.41, 5.74) is 5.26. The molecule has 21 heavy (non-hydrogen) atoms. The van der Waals surface area contributed by atoms with Crippen molar-refractivity contribution < 1.29 is 9.90 Å². The maximum Gasteiger partial charge on any atom is 0.271 e. The molecule has 2 rings (SSSR count). The number of phenols is 1. The van der Waals surface area contributed by atoms with Crippen LogP contribution in [-0.2, 0) is 0 Å². The van der Waals surface area contributed by atoms with Gasteiger partial charge >= 0.3 is 0 Å². The first-order valence-electron chi connectivity index (χ1n) is 6.36. The van der Waals surface area contributed by atoms with E-state index in [1.54, 1.807) is 36.4 Å². The van der Waals surface area contributed by atoms with Crippen LogP contribution in [0.15, 0.2) is 41.5 Å². The van der Waals surface area contributed by atoms with Crippen molar-refractivity contribution >= 4 is 23.7 Å². The van der Waals surface area contributed by atoms with Crippen molar-refractivity contribution in [3.05, 3.63) is 63.7 Å². The van der Waals surface area contributed by atoms with Gasteiger partial charge in [0.15, 0.2) is 0 Å². The van der Waals surface area contributed by atoms with E-state index in [9.17, 15) is 9.90 Å². The van der Waals surface area contributed by atoms with Crippen molar-refractivity contribution in [1.82, 2.24) is 5.43 Å². The lowest BCUT2D eigenvalue weighted by Gasteiger charge is -2.04. The molecule has 0 saturated carbocycles. The Morgan fingerprint density at radius 1 is 1.19 bits per heavy atom. The standard InChI is InChI=1S/C16H15ClN2O2/c1-10-7-12(8-11(2)15(10)20)9-18-19-16(21)13-3-5-14(17)6-4-13/h3-9,20H,1-2H3,(H,19,21)/b18-9+. The third-order valence-electron chi connectivity index (χ3n) is 3.00. The summed E-state index contributed by atoms with van der Waals surface area (Å²) in [7, 11) is 0. The van der Waals surface area contributed by atoms with Crippen molar-refractivity contribution in [3.63, 3.8) is 0 Å². The molecule has 1 amide bonds. The van der Waals surface area contributed by atoms with E-state index in [0.717, 1.165) is 16.7 Å². The molecule has 0 aliphatic carbocycles. The van der Waals surface area contributed by atoms with Crippen molar-refractivity contribution in [2.24, 2.45) is 5.10 Å². The van der Waals surface area contributed by atoms with Crippen LogP contribution in [0.4, 0.5) is 0 Å². The molecule has 108 valence electrons. The molecule has 0 fully saturated rings. The summed E-state index contributed by atoms with van der Waals surface area (Å²) in [6.07, 6.45) is 1.53. The Morgan fingerprint density at radius 2 is 1.76 bits per heavy atom. The summed E-state index contributed by atoms with van der Waals surface area (Å²) in [6, 6.07) is 10.1. The van der Waals surface area contributed by atoms with E-state index in [4.69, 9.17) is 11.6 Å². The number of phenolic OH excluding ortho intramolecular Hbond substituents is 1. The maximum atomic E-state index is 11.8. The minimum atomic E-state index is -0.310. The Balaban J connectivity index is 2.05. The molecule has 0 bridgehead atoms. The normalized spacial score (nSPS) is 10.8. The molecule has 0 unspecified atom stereocenters. The molecular weight excluding hydrogens is 288 g/mol. The predicted molar refractivity (Wildman–Crippen MR) is 84.1 cm³/mol. The second-order valence-electron chi connectivity index (χ2n) is 4.71. The Labute approximate surface area is 128 Å². The van der Waals surface area contributed by atoms with Crippen molar-refractivity contribution in [2.75, 3.05) is 0 Å². The first-order chi connectivity index (χ1) is 9.97. The minimum absolute atomic E-state index is 0.275. The van der Waals surface area contributed by atoms with Crippen molar-refractivity contribution in [2.45, 2.75) is 13.8 Å². The fourth-order valence-electron chi connectivity index (χ4n) is 1.90. The van der Waals surface area contributed by atoms with Crippen LogP contribution in [0, 0.1) is 13.8 Å². The van der Waals surface area contributed by atoms with E-state index in [1.165, 1.54) is 6.21 Å². The highest BCUT2D eigenvalue weighted by Gasteiger charge is 2.04. The SMILES string of the molecule is Cc1cc(/C=N/NC(=O)c2ccc(Cl)cc2)cc(C)c1O. The van der Waals surface area contributed by atoms with E-state index in [-0.39, 0.29) is 11.7 Å². The average Bonchev–Trinajstić information content (AvgIpc) is 2.45. The third-order valence-corrected chi connectivity index (χ3v) is 3.25. The summed E-state index contributed by atoms with van der Waals surface area (Å²) in [6.45, 7) is 3.62. The van der Waals surface area contributed by atoms with Crippen LogP contribution in [0.3, 0.4) is 0 Å². The molecule has 2 aromatic carbocycles.